The monoisotopic (exact) mass is 514 g/mol. The normalized spacial score (nSPS) is 12.9. The maximum atomic E-state index is 12.1. The molecule has 0 amide bonds. The minimum absolute atomic E-state index is 0. The first-order chi connectivity index (χ1) is 12.4. The zero-order valence-corrected chi connectivity index (χ0v) is 18.1. The molecule has 1 unspecified atom stereocenters. The van der Waals surface area contributed by atoms with Crippen LogP contribution >= 0.6 is 35.3 Å². The zero-order chi connectivity index (χ0) is 19.0. The van der Waals surface area contributed by atoms with Gasteiger partial charge in [0.2, 0.25) is 5.88 Å². The molecule has 0 aliphatic rings. The first-order valence-corrected chi connectivity index (χ1v) is 8.93. The van der Waals surface area contributed by atoms with Crippen molar-refractivity contribution in [1.82, 2.24) is 15.6 Å². The predicted molar refractivity (Wildman–Crippen MR) is 112 cm³/mol. The molecule has 27 heavy (non-hydrogen) atoms. The largest absolute Gasteiger partial charge is 0.468 e. The number of aromatic nitrogens is 1. The molecule has 5 nitrogen and oxygen atoms in total. The zero-order valence-electron chi connectivity index (χ0n) is 14.9. The third-order valence-electron chi connectivity index (χ3n) is 3.55. The molecule has 2 aromatic heterocycles. The van der Waals surface area contributed by atoms with E-state index in [-0.39, 0.29) is 29.9 Å². The van der Waals surface area contributed by atoms with Crippen LogP contribution in [0.15, 0.2) is 40.1 Å². The summed E-state index contributed by atoms with van der Waals surface area (Å²) < 4.78 is 40.9. The Bertz CT molecular complexity index is 693. The summed E-state index contributed by atoms with van der Waals surface area (Å²) in [6.07, 6.45) is -2.90. The van der Waals surface area contributed by atoms with Gasteiger partial charge in [0.05, 0.1) is 0 Å². The van der Waals surface area contributed by atoms with Crippen molar-refractivity contribution < 1.29 is 17.9 Å². The van der Waals surface area contributed by atoms with Crippen LogP contribution in [0.2, 0.25) is 0 Å². The van der Waals surface area contributed by atoms with Crippen LogP contribution < -0.4 is 15.4 Å². The van der Waals surface area contributed by atoms with E-state index in [0.717, 1.165) is 12.1 Å². The Kier molecular flexibility index (Phi) is 9.84. The molecule has 1 atom stereocenters. The molecule has 2 heterocycles. The molecule has 0 spiro atoms. The van der Waals surface area contributed by atoms with Gasteiger partial charge >= 0.3 is 6.18 Å². The summed E-state index contributed by atoms with van der Waals surface area (Å²) in [5.41, 5.74) is 2.08. The van der Waals surface area contributed by atoms with Gasteiger partial charge in [0, 0.05) is 32.4 Å². The molecule has 0 saturated heterocycles. The van der Waals surface area contributed by atoms with Gasteiger partial charge in [0.25, 0.3) is 0 Å². The van der Waals surface area contributed by atoms with Crippen molar-refractivity contribution in [3.8, 4) is 5.88 Å². The fourth-order valence-electron chi connectivity index (χ4n) is 2.09. The van der Waals surface area contributed by atoms with E-state index in [1.807, 2.05) is 5.38 Å². The summed E-state index contributed by atoms with van der Waals surface area (Å²) in [6.45, 7) is 1.96. The van der Waals surface area contributed by atoms with Crippen LogP contribution in [0.25, 0.3) is 0 Å². The number of thiophene rings is 1. The number of alkyl halides is 3. The lowest BCUT2D eigenvalue weighted by Gasteiger charge is -2.15. The highest BCUT2D eigenvalue weighted by Crippen LogP contribution is 2.18. The minimum Gasteiger partial charge on any atom is -0.468 e. The van der Waals surface area contributed by atoms with Gasteiger partial charge in [-0.15, -0.1) is 24.0 Å². The maximum absolute atomic E-state index is 12.1. The third-order valence-corrected chi connectivity index (χ3v) is 4.25. The number of aliphatic imine (C=N–C) groups is 1. The summed E-state index contributed by atoms with van der Waals surface area (Å²) in [5.74, 6) is 0.939. The number of rotatable bonds is 7. The number of nitrogens with one attached hydrogen (secondary N) is 2. The number of hydrogen-bond acceptors (Lipinski definition) is 4. The molecule has 0 saturated carbocycles. The van der Waals surface area contributed by atoms with Crippen molar-refractivity contribution >= 4 is 41.3 Å². The van der Waals surface area contributed by atoms with Crippen molar-refractivity contribution in [3.05, 3.63) is 46.3 Å². The molecule has 2 aromatic rings. The number of pyridine rings is 1. The van der Waals surface area contributed by atoms with Gasteiger partial charge in [-0.25, -0.2) is 4.98 Å². The Balaban J connectivity index is 0.00000364. The van der Waals surface area contributed by atoms with Crippen LogP contribution in [0.1, 0.15) is 24.0 Å². The molecule has 2 rings (SSSR count). The second-order valence-corrected chi connectivity index (χ2v) is 6.45. The average molecular weight is 514 g/mol. The van der Waals surface area contributed by atoms with Gasteiger partial charge in [0.1, 0.15) is 0 Å². The van der Waals surface area contributed by atoms with Crippen LogP contribution in [0.4, 0.5) is 13.2 Å². The van der Waals surface area contributed by atoms with Gasteiger partial charge in [-0.2, -0.15) is 24.5 Å². The van der Waals surface area contributed by atoms with E-state index >= 15 is 0 Å². The van der Waals surface area contributed by atoms with E-state index < -0.39 is 12.8 Å². The first-order valence-electron chi connectivity index (χ1n) is 7.98. The standard InChI is InChI=1S/C17H21F3N4OS.HI/c1-12(14-5-6-26-10-14)7-23-16(21-2)24-9-13-3-4-15(22-8-13)25-11-17(18,19)20;/h3-6,8,10,12H,7,9,11H2,1-2H3,(H2,21,23,24);1H. The minimum atomic E-state index is -4.37. The lowest BCUT2D eigenvalue weighted by molar-refractivity contribution is -0.154. The van der Waals surface area contributed by atoms with E-state index in [1.54, 1.807) is 24.5 Å². The first kappa shape index (κ1) is 23.5. The highest BCUT2D eigenvalue weighted by Gasteiger charge is 2.28. The number of hydrogen-bond donors (Lipinski definition) is 2. The molecule has 0 aromatic carbocycles. The predicted octanol–water partition coefficient (Wildman–Crippen LogP) is 4.17. The molecule has 0 fully saturated rings. The van der Waals surface area contributed by atoms with Gasteiger partial charge < -0.3 is 15.4 Å². The molecule has 0 aliphatic carbocycles. The lowest BCUT2D eigenvalue weighted by atomic mass is 10.1. The Morgan fingerprint density at radius 3 is 2.63 bits per heavy atom. The molecule has 150 valence electrons. The van der Waals surface area contributed by atoms with E-state index in [0.29, 0.717) is 18.4 Å². The van der Waals surface area contributed by atoms with Gasteiger partial charge in [-0.3, -0.25) is 4.99 Å². The molecule has 0 radical (unpaired) electrons. The molecule has 0 bridgehead atoms. The summed E-state index contributed by atoms with van der Waals surface area (Å²) in [7, 11) is 1.68. The van der Waals surface area contributed by atoms with Crippen molar-refractivity contribution in [3.63, 3.8) is 0 Å². The average Bonchev–Trinajstić information content (AvgIpc) is 3.15. The van der Waals surface area contributed by atoms with Crippen molar-refractivity contribution in [2.45, 2.75) is 25.6 Å². The van der Waals surface area contributed by atoms with Crippen molar-refractivity contribution in [2.24, 2.45) is 4.99 Å². The molecular formula is C17H22F3IN4OS. The van der Waals surface area contributed by atoms with Crippen LogP contribution in [-0.4, -0.2) is 37.3 Å². The second kappa shape index (κ2) is 11.3. The summed E-state index contributed by atoms with van der Waals surface area (Å²) in [5, 5.41) is 10.6. The number of guanidine groups is 1. The number of ether oxygens (including phenoxy) is 1. The quantitative estimate of drug-likeness (QED) is 0.331. The summed E-state index contributed by atoms with van der Waals surface area (Å²) in [4.78, 5) is 8.03. The number of nitrogens with zero attached hydrogens (tertiary/aromatic N) is 2. The van der Waals surface area contributed by atoms with E-state index in [9.17, 15) is 13.2 Å². The second-order valence-electron chi connectivity index (χ2n) is 5.67. The summed E-state index contributed by atoms with van der Waals surface area (Å²) in [6, 6.07) is 5.17. The Morgan fingerprint density at radius 1 is 1.30 bits per heavy atom. The van der Waals surface area contributed by atoms with Gasteiger partial charge in [-0.1, -0.05) is 13.0 Å². The fraction of sp³-hybridized carbons (Fsp3) is 0.412. The van der Waals surface area contributed by atoms with Crippen LogP contribution in [-0.2, 0) is 6.54 Å². The Morgan fingerprint density at radius 2 is 2.07 bits per heavy atom. The maximum Gasteiger partial charge on any atom is 0.422 e. The van der Waals surface area contributed by atoms with E-state index in [1.165, 1.54) is 17.8 Å². The van der Waals surface area contributed by atoms with E-state index in [2.05, 4.69) is 43.7 Å². The smallest absolute Gasteiger partial charge is 0.422 e. The highest BCUT2D eigenvalue weighted by molar-refractivity contribution is 14.0. The van der Waals surface area contributed by atoms with Crippen molar-refractivity contribution in [2.75, 3.05) is 20.2 Å². The van der Waals surface area contributed by atoms with Gasteiger partial charge in [0.15, 0.2) is 12.6 Å². The number of halogens is 4. The molecular weight excluding hydrogens is 492 g/mol. The van der Waals surface area contributed by atoms with E-state index in [4.69, 9.17) is 0 Å². The SMILES string of the molecule is CN=C(NCc1ccc(OCC(F)(F)F)nc1)NCC(C)c1ccsc1.I. The summed E-state index contributed by atoms with van der Waals surface area (Å²) >= 11 is 1.67. The molecule has 2 N–H and O–H groups in total. The topological polar surface area (TPSA) is 58.5 Å². The Labute approximate surface area is 177 Å². The molecule has 0 aliphatic heterocycles. The van der Waals surface area contributed by atoms with Crippen LogP contribution in [0, 0.1) is 0 Å². The fourth-order valence-corrected chi connectivity index (χ4v) is 2.87. The lowest BCUT2D eigenvalue weighted by Crippen LogP contribution is -2.38. The van der Waals surface area contributed by atoms with Crippen LogP contribution in [0.3, 0.4) is 0 Å². The van der Waals surface area contributed by atoms with Crippen LogP contribution in [0.5, 0.6) is 5.88 Å². The molecule has 10 heteroatoms. The highest BCUT2D eigenvalue weighted by atomic mass is 127. The third kappa shape index (κ3) is 8.78. The van der Waals surface area contributed by atoms with Gasteiger partial charge in [-0.05, 0) is 33.9 Å². The van der Waals surface area contributed by atoms with Crippen molar-refractivity contribution in [1.29, 1.82) is 0 Å². The Hall–Kier alpha value is -1.56.